The van der Waals surface area contributed by atoms with Gasteiger partial charge in [-0.1, -0.05) is 23.7 Å². The largest absolute Gasteiger partial charge is 0.480 e. The first-order valence-electron chi connectivity index (χ1n) is 6.75. The highest BCUT2D eigenvalue weighted by Crippen LogP contribution is 2.32. The number of likely N-dealkylation sites (tertiary alicyclic amines) is 1. The predicted octanol–water partition coefficient (Wildman–Crippen LogP) is 2.72. The van der Waals surface area contributed by atoms with Crippen molar-refractivity contribution in [1.82, 2.24) is 4.90 Å². The maximum Gasteiger partial charge on any atom is 0.411 e. The topological polar surface area (TPSA) is 74.7 Å². The second-order valence-electron chi connectivity index (χ2n) is 5.24. The summed E-state index contributed by atoms with van der Waals surface area (Å²) in [6, 6.07) is 4.30. The van der Waals surface area contributed by atoms with E-state index in [1.54, 1.807) is 0 Å². The van der Waals surface area contributed by atoms with Crippen molar-refractivity contribution in [3.05, 3.63) is 41.6 Å². The molecule has 10 heteroatoms. The van der Waals surface area contributed by atoms with Gasteiger partial charge in [-0.2, -0.15) is 13.2 Å². The number of allylic oxidation sites excluding steroid dienone is 1. The summed E-state index contributed by atoms with van der Waals surface area (Å²) in [4.78, 5) is 11.9. The highest BCUT2D eigenvalue weighted by Gasteiger charge is 2.43. The lowest BCUT2D eigenvalue weighted by molar-refractivity contribution is -0.141. The van der Waals surface area contributed by atoms with Crippen LogP contribution < -0.4 is 0 Å². The predicted molar refractivity (Wildman–Crippen MR) is 80.4 cm³/mol. The van der Waals surface area contributed by atoms with Gasteiger partial charge in [0.15, 0.2) is 9.84 Å². The van der Waals surface area contributed by atoms with Crippen molar-refractivity contribution in [2.24, 2.45) is 0 Å². The fourth-order valence-electron chi connectivity index (χ4n) is 2.49. The van der Waals surface area contributed by atoms with Crippen molar-refractivity contribution in [3.63, 3.8) is 0 Å². The number of nitrogens with zero attached hydrogens (tertiary/aromatic N) is 1. The number of carboxylic acids is 1. The number of benzene rings is 1. The first-order chi connectivity index (χ1) is 11.0. The third-order valence-corrected chi connectivity index (χ3v) is 6.25. The molecule has 1 aliphatic heterocycles. The molecule has 2 rings (SSSR count). The molecule has 0 aliphatic carbocycles. The minimum atomic E-state index is -4.62. The lowest BCUT2D eigenvalue weighted by Crippen LogP contribution is -2.32. The van der Waals surface area contributed by atoms with Crippen LogP contribution in [0.4, 0.5) is 13.2 Å². The molecule has 0 spiro atoms. The Morgan fingerprint density at radius 3 is 2.50 bits per heavy atom. The summed E-state index contributed by atoms with van der Waals surface area (Å²) < 4.78 is 62.1. The number of rotatable bonds is 4. The van der Waals surface area contributed by atoms with Gasteiger partial charge in [0.25, 0.3) is 0 Å². The van der Waals surface area contributed by atoms with Gasteiger partial charge in [0.05, 0.1) is 15.2 Å². The molecule has 0 radical (unpaired) electrons. The Labute approximate surface area is 141 Å². The molecule has 24 heavy (non-hydrogen) atoms. The molecule has 132 valence electrons. The normalized spacial score (nSPS) is 22.2. The van der Waals surface area contributed by atoms with Crippen molar-refractivity contribution in [3.8, 4) is 0 Å². The van der Waals surface area contributed by atoms with E-state index in [1.165, 1.54) is 24.3 Å². The standard InChI is InChI=1S/C14H13ClF3NO4S/c15-10-3-1-2-4-12(10)24(22,23)9-7-11(13(20)21)19(8-9)6-5-14(16,17)18/h1-6,9,11H,7-8H2,(H,20,21)/t9-,11+/m1/s1. The zero-order valence-corrected chi connectivity index (χ0v) is 13.6. The summed E-state index contributed by atoms with van der Waals surface area (Å²) >= 11 is 5.87. The SMILES string of the molecule is O=C(O)[C@@H]1C[C@@H](S(=O)(=O)c2ccccc2Cl)CN1C=CC(F)(F)F. The Morgan fingerprint density at radius 2 is 1.96 bits per heavy atom. The van der Waals surface area contributed by atoms with Crippen molar-refractivity contribution in [1.29, 1.82) is 0 Å². The molecule has 0 aromatic heterocycles. The minimum Gasteiger partial charge on any atom is -0.480 e. The number of halogens is 4. The number of aliphatic carboxylic acids is 1. The van der Waals surface area contributed by atoms with Gasteiger partial charge < -0.3 is 10.0 Å². The molecule has 0 saturated carbocycles. The molecule has 1 N–H and O–H groups in total. The fraction of sp³-hybridized carbons (Fsp3) is 0.357. The highest BCUT2D eigenvalue weighted by atomic mass is 35.5. The van der Waals surface area contributed by atoms with Crippen LogP contribution in [0.15, 0.2) is 41.4 Å². The van der Waals surface area contributed by atoms with Crippen molar-refractivity contribution in [2.75, 3.05) is 6.54 Å². The van der Waals surface area contributed by atoms with Gasteiger partial charge in [0, 0.05) is 18.8 Å². The first-order valence-corrected chi connectivity index (χ1v) is 8.68. The molecule has 0 bridgehead atoms. The number of carbonyl (C=O) groups is 1. The van der Waals surface area contributed by atoms with E-state index < -0.39 is 33.3 Å². The fourth-order valence-corrected chi connectivity index (χ4v) is 4.72. The van der Waals surface area contributed by atoms with Crippen molar-refractivity contribution < 1.29 is 31.5 Å². The number of carboxylic acid groups (broad SMARTS) is 1. The van der Waals surface area contributed by atoms with Crippen molar-refractivity contribution in [2.45, 2.75) is 28.8 Å². The zero-order valence-electron chi connectivity index (χ0n) is 12.1. The minimum absolute atomic E-state index is 0.0198. The second-order valence-corrected chi connectivity index (χ2v) is 7.85. The maximum atomic E-state index is 12.6. The molecular formula is C14H13ClF3NO4S. The smallest absolute Gasteiger partial charge is 0.411 e. The van der Waals surface area contributed by atoms with Gasteiger partial charge in [0.2, 0.25) is 0 Å². The van der Waals surface area contributed by atoms with Crippen LogP contribution in [0.3, 0.4) is 0 Å². The number of sulfone groups is 1. The third-order valence-electron chi connectivity index (χ3n) is 3.62. The summed E-state index contributed by atoms with van der Waals surface area (Å²) in [5, 5.41) is 7.95. The average Bonchev–Trinajstić information content (AvgIpc) is 2.90. The van der Waals surface area contributed by atoms with Crippen LogP contribution in [-0.4, -0.2) is 48.4 Å². The summed E-state index contributed by atoms with van der Waals surface area (Å²) in [5.41, 5.74) is 0. The molecule has 1 aromatic carbocycles. The summed E-state index contributed by atoms with van der Waals surface area (Å²) in [5.74, 6) is -1.39. The highest BCUT2D eigenvalue weighted by molar-refractivity contribution is 7.92. The van der Waals surface area contributed by atoms with Gasteiger partial charge >= 0.3 is 12.1 Å². The van der Waals surface area contributed by atoms with E-state index in [0.717, 1.165) is 4.90 Å². The van der Waals surface area contributed by atoms with Crippen LogP contribution in [-0.2, 0) is 14.6 Å². The lowest BCUT2D eigenvalue weighted by atomic mass is 10.2. The lowest BCUT2D eigenvalue weighted by Gasteiger charge is -2.18. The van der Waals surface area contributed by atoms with E-state index >= 15 is 0 Å². The average molecular weight is 384 g/mol. The number of hydrogen-bond donors (Lipinski definition) is 1. The van der Waals surface area contributed by atoms with Gasteiger partial charge in [-0.15, -0.1) is 0 Å². The Bertz CT molecular complexity index is 764. The zero-order chi connectivity index (χ0) is 18.1. The quantitative estimate of drug-likeness (QED) is 0.865. The Hall–Kier alpha value is -1.74. The number of alkyl halides is 3. The van der Waals surface area contributed by atoms with Crippen LogP contribution in [0.2, 0.25) is 5.02 Å². The van der Waals surface area contributed by atoms with Crippen LogP contribution >= 0.6 is 11.6 Å². The van der Waals surface area contributed by atoms with Crippen LogP contribution in [0.25, 0.3) is 0 Å². The molecule has 2 atom stereocenters. The second kappa shape index (κ2) is 6.64. The van der Waals surface area contributed by atoms with Crippen molar-refractivity contribution >= 4 is 27.4 Å². The molecule has 0 unspecified atom stereocenters. The van der Waals surface area contributed by atoms with Gasteiger partial charge in [-0.3, -0.25) is 0 Å². The Balaban J connectivity index is 2.32. The van der Waals surface area contributed by atoms with E-state index in [1.807, 2.05) is 0 Å². The Kier molecular flexibility index (Phi) is 5.14. The van der Waals surface area contributed by atoms with E-state index in [0.29, 0.717) is 6.20 Å². The van der Waals surface area contributed by atoms with Crippen LogP contribution in [0.5, 0.6) is 0 Å². The van der Waals surface area contributed by atoms with Crippen LogP contribution in [0.1, 0.15) is 6.42 Å². The molecule has 1 fully saturated rings. The molecule has 1 aromatic rings. The first kappa shape index (κ1) is 18.6. The molecular weight excluding hydrogens is 371 g/mol. The van der Waals surface area contributed by atoms with E-state index in [2.05, 4.69) is 0 Å². The summed E-state index contributed by atoms with van der Waals surface area (Å²) in [6.07, 6.45) is -4.50. The van der Waals surface area contributed by atoms with Gasteiger partial charge in [-0.05, 0) is 18.6 Å². The number of hydrogen-bond acceptors (Lipinski definition) is 4. The summed E-state index contributed by atoms with van der Waals surface area (Å²) in [7, 11) is -3.97. The molecule has 1 aliphatic rings. The Morgan fingerprint density at radius 1 is 1.33 bits per heavy atom. The molecule has 1 heterocycles. The third kappa shape index (κ3) is 4.02. The summed E-state index contributed by atoms with van der Waals surface area (Å²) in [6.45, 7) is -0.364. The molecule has 1 saturated heterocycles. The van der Waals surface area contributed by atoms with E-state index in [9.17, 15) is 26.4 Å². The van der Waals surface area contributed by atoms with Gasteiger partial charge in [-0.25, -0.2) is 13.2 Å². The maximum absolute atomic E-state index is 12.6. The van der Waals surface area contributed by atoms with Gasteiger partial charge in [0.1, 0.15) is 6.04 Å². The molecule has 5 nitrogen and oxygen atoms in total. The monoisotopic (exact) mass is 383 g/mol. The molecule has 0 amide bonds. The van der Waals surface area contributed by atoms with E-state index in [4.69, 9.17) is 16.7 Å². The van der Waals surface area contributed by atoms with E-state index in [-0.39, 0.29) is 29.0 Å². The van der Waals surface area contributed by atoms with Crippen LogP contribution in [0, 0.1) is 0 Å².